The Bertz CT molecular complexity index is 31.5. The lowest BCUT2D eigenvalue weighted by Gasteiger charge is -1.94. The molecular formula is C6H14S2. The third kappa shape index (κ3) is 6.70. The predicted octanol–water partition coefficient (Wildman–Crippen LogP) is 2.49. The first-order chi connectivity index (χ1) is 3.91. The number of hydrogen-bond donors (Lipinski definition) is 0. The predicted molar refractivity (Wildman–Crippen MR) is 46.0 cm³/mol. The minimum atomic E-state index is 1.27. The van der Waals surface area contributed by atoms with E-state index in [1.165, 1.54) is 23.0 Å². The van der Waals surface area contributed by atoms with E-state index in [0.29, 0.717) is 0 Å². The van der Waals surface area contributed by atoms with Gasteiger partial charge in [-0.1, -0.05) is 13.8 Å². The average molecular weight is 150 g/mol. The maximum Gasteiger partial charge on any atom is 0.00234 e. The summed E-state index contributed by atoms with van der Waals surface area (Å²) in [5.74, 6) is 5.19. The van der Waals surface area contributed by atoms with E-state index in [1.807, 2.05) is 23.5 Å². The first-order valence-corrected chi connectivity index (χ1v) is 5.38. The van der Waals surface area contributed by atoms with Gasteiger partial charge in [0.1, 0.15) is 0 Å². The van der Waals surface area contributed by atoms with Crippen LogP contribution < -0.4 is 0 Å². The fourth-order valence-electron chi connectivity index (χ4n) is 0.407. The third-order valence-corrected chi connectivity index (χ3v) is 2.84. The second-order valence-corrected chi connectivity index (χ2v) is 4.18. The van der Waals surface area contributed by atoms with Crippen LogP contribution in [0.3, 0.4) is 0 Å². The Balaban J connectivity index is 2.53. The first kappa shape index (κ1) is 8.70. The van der Waals surface area contributed by atoms with E-state index in [2.05, 4.69) is 13.8 Å². The molecule has 8 heavy (non-hydrogen) atoms. The Morgan fingerprint density at radius 1 is 0.875 bits per heavy atom. The fourth-order valence-corrected chi connectivity index (χ4v) is 1.93. The smallest absolute Gasteiger partial charge is 0.00234 e. The molecule has 0 aliphatic carbocycles. The lowest BCUT2D eigenvalue weighted by molar-refractivity contribution is 1.45. The molecule has 0 heterocycles. The van der Waals surface area contributed by atoms with Gasteiger partial charge in [0, 0.05) is 11.5 Å². The van der Waals surface area contributed by atoms with Crippen molar-refractivity contribution in [3.63, 3.8) is 0 Å². The summed E-state index contributed by atoms with van der Waals surface area (Å²) in [6, 6.07) is 0. The average Bonchev–Trinajstić information content (AvgIpc) is 1.81. The molecule has 50 valence electrons. The van der Waals surface area contributed by atoms with E-state index in [1.54, 1.807) is 0 Å². The van der Waals surface area contributed by atoms with E-state index in [0.717, 1.165) is 0 Å². The highest BCUT2D eigenvalue weighted by Gasteiger charge is 1.83. The van der Waals surface area contributed by atoms with Gasteiger partial charge in [-0.3, -0.25) is 0 Å². The Kier molecular flexibility index (Phi) is 8.37. The highest BCUT2D eigenvalue weighted by Crippen LogP contribution is 2.04. The topological polar surface area (TPSA) is 0 Å². The van der Waals surface area contributed by atoms with Crippen LogP contribution in [-0.2, 0) is 0 Å². The van der Waals surface area contributed by atoms with Crippen LogP contribution in [0.4, 0.5) is 0 Å². The molecule has 0 N–H and O–H groups in total. The van der Waals surface area contributed by atoms with Crippen LogP contribution in [0.1, 0.15) is 13.8 Å². The fraction of sp³-hybridized carbons (Fsp3) is 1.00. The van der Waals surface area contributed by atoms with Crippen LogP contribution in [0.5, 0.6) is 0 Å². The summed E-state index contributed by atoms with van der Waals surface area (Å²) in [4.78, 5) is 0. The number of thioether (sulfide) groups is 2. The van der Waals surface area contributed by atoms with Crippen LogP contribution in [-0.4, -0.2) is 23.0 Å². The standard InChI is InChI=1S/C6H14S2/c1-3-7-5-6-8-4-2/h3-6H2,1-2H3. The quantitative estimate of drug-likeness (QED) is 0.552. The molecule has 0 aliphatic rings. The first-order valence-electron chi connectivity index (χ1n) is 3.07. The molecule has 0 fully saturated rings. The van der Waals surface area contributed by atoms with Crippen molar-refractivity contribution in [3.05, 3.63) is 0 Å². The molecule has 0 spiro atoms. The Morgan fingerprint density at radius 3 is 1.50 bits per heavy atom. The Morgan fingerprint density at radius 2 is 1.25 bits per heavy atom. The zero-order chi connectivity index (χ0) is 6.24. The maximum absolute atomic E-state index is 2.21. The van der Waals surface area contributed by atoms with Crippen molar-refractivity contribution < 1.29 is 0 Å². The zero-order valence-corrected chi connectivity index (χ0v) is 7.28. The van der Waals surface area contributed by atoms with Gasteiger partial charge in [-0.05, 0) is 11.5 Å². The highest BCUT2D eigenvalue weighted by atomic mass is 32.2. The molecule has 0 amide bonds. The van der Waals surface area contributed by atoms with Crippen LogP contribution in [0.2, 0.25) is 0 Å². The summed E-state index contributed by atoms with van der Waals surface area (Å²) in [7, 11) is 0. The normalized spacial score (nSPS) is 9.75. The summed E-state index contributed by atoms with van der Waals surface area (Å²) >= 11 is 4.05. The number of rotatable bonds is 5. The van der Waals surface area contributed by atoms with Crippen molar-refractivity contribution in [1.82, 2.24) is 0 Å². The molecule has 0 aromatic heterocycles. The van der Waals surface area contributed by atoms with Crippen molar-refractivity contribution in [1.29, 1.82) is 0 Å². The van der Waals surface area contributed by atoms with Gasteiger partial charge < -0.3 is 0 Å². The van der Waals surface area contributed by atoms with Gasteiger partial charge in [-0.25, -0.2) is 0 Å². The van der Waals surface area contributed by atoms with Crippen molar-refractivity contribution in [2.45, 2.75) is 13.8 Å². The summed E-state index contributed by atoms with van der Waals surface area (Å²) in [6.45, 7) is 4.42. The van der Waals surface area contributed by atoms with Crippen LogP contribution in [0.15, 0.2) is 0 Å². The van der Waals surface area contributed by atoms with Crippen LogP contribution in [0, 0.1) is 0 Å². The SMILES string of the molecule is CCSCCSCC. The molecule has 0 bridgehead atoms. The molecule has 0 saturated heterocycles. The van der Waals surface area contributed by atoms with Gasteiger partial charge in [-0.2, -0.15) is 23.5 Å². The molecule has 0 nitrogen and oxygen atoms in total. The molecule has 0 radical (unpaired) electrons. The highest BCUT2D eigenvalue weighted by molar-refractivity contribution is 8.02. The van der Waals surface area contributed by atoms with E-state index in [9.17, 15) is 0 Å². The van der Waals surface area contributed by atoms with Gasteiger partial charge >= 0.3 is 0 Å². The molecule has 0 aromatic carbocycles. The van der Waals surface area contributed by atoms with Crippen LogP contribution in [0.25, 0.3) is 0 Å². The maximum atomic E-state index is 2.21. The monoisotopic (exact) mass is 150 g/mol. The molecule has 0 unspecified atom stereocenters. The van der Waals surface area contributed by atoms with Gasteiger partial charge in [0.05, 0.1) is 0 Å². The van der Waals surface area contributed by atoms with Gasteiger partial charge in [-0.15, -0.1) is 0 Å². The summed E-state index contributed by atoms with van der Waals surface area (Å²) in [5.41, 5.74) is 0. The van der Waals surface area contributed by atoms with E-state index >= 15 is 0 Å². The summed E-state index contributed by atoms with van der Waals surface area (Å²) < 4.78 is 0. The second kappa shape index (κ2) is 7.70. The van der Waals surface area contributed by atoms with Gasteiger partial charge in [0.25, 0.3) is 0 Å². The van der Waals surface area contributed by atoms with Gasteiger partial charge in [0.15, 0.2) is 0 Å². The van der Waals surface area contributed by atoms with E-state index in [-0.39, 0.29) is 0 Å². The van der Waals surface area contributed by atoms with Gasteiger partial charge in [0.2, 0.25) is 0 Å². The third-order valence-electron chi connectivity index (χ3n) is 0.780. The van der Waals surface area contributed by atoms with Crippen molar-refractivity contribution in [3.8, 4) is 0 Å². The van der Waals surface area contributed by atoms with Crippen molar-refractivity contribution in [2.75, 3.05) is 23.0 Å². The minimum Gasteiger partial charge on any atom is -0.161 e. The summed E-state index contributed by atoms with van der Waals surface area (Å²) in [6.07, 6.45) is 0. The molecule has 0 rings (SSSR count). The molecular weight excluding hydrogens is 136 g/mol. The Labute approximate surface area is 60.8 Å². The lowest BCUT2D eigenvalue weighted by atomic mass is 10.9. The zero-order valence-electron chi connectivity index (χ0n) is 5.64. The molecule has 0 aromatic rings. The summed E-state index contributed by atoms with van der Waals surface area (Å²) in [5, 5.41) is 0. The van der Waals surface area contributed by atoms with E-state index in [4.69, 9.17) is 0 Å². The Hall–Kier alpha value is 0.700. The molecule has 0 saturated carbocycles. The molecule has 0 atom stereocenters. The second-order valence-electron chi connectivity index (χ2n) is 1.39. The minimum absolute atomic E-state index is 1.27. The number of hydrogen-bond acceptors (Lipinski definition) is 2. The van der Waals surface area contributed by atoms with Crippen molar-refractivity contribution in [2.24, 2.45) is 0 Å². The lowest BCUT2D eigenvalue weighted by Crippen LogP contribution is -1.83. The molecule has 2 heteroatoms. The van der Waals surface area contributed by atoms with Crippen LogP contribution >= 0.6 is 23.5 Å². The largest absolute Gasteiger partial charge is 0.161 e. The van der Waals surface area contributed by atoms with E-state index < -0.39 is 0 Å². The van der Waals surface area contributed by atoms with Crippen molar-refractivity contribution >= 4 is 23.5 Å². The molecule has 0 aliphatic heterocycles.